The monoisotopic (exact) mass is 816 g/mol. The Hall–Kier alpha value is -5.58. The van der Waals surface area contributed by atoms with Crippen molar-refractivity contribution in [2.75, 3.05) is 59.0 Å². The summed E-state index contributed by atoms with van der Waals surface area (Å²) in [7, 11) is 0. The zero-order chi connectivity index (χ0) is 41.0. The van der Waals surface area contributed by atoms with Crippen LogP contribution in [0.4, 0.5) is 31.5 Å². The number of unbranched alkanes of at least 4 members (excludes halogenated alkanes) is 2. The van der Waals surface area contributed by atoms with Gasteiger partial charge in [0.1, 0.15) is 29.3 Å². The minimum atomic E-state index is -0.851. The minimum Gasteiger partial charge on any atom is -0.370 e. The van der Waals surface area contributed by atoms with Crippen molar-refractivity contribution in [2.45, 2.75) is 48.3 Å². The summed E-state index contributed by atoms with van der Waals surface area (Å²) >= 11 is 2.30. The zero-order valence-corrected chi connectivity index (χ0v) is 32.0. The minimum absolute atomic E-state index is 0.0111. The Morgan fingerprint density at radius 3 is 1.34 bits per heavy atom. The highest BCUT2D eigenvalue weighted by atomic mass is 32.2. The lowest BCUT2D eigenvalue weighted by molar-refractivity contribution is -0.117. The summed E-state index contributed by atoms with van der Waals surface area (Å²) in [6.07, 6.45) is 3.50. The number of guanidine groups is 2. The van der Waals surface area contributed by atoms with Gasteiger partial charge in [-0.05, 0) is 63.0 Å². The van der Waals surface area contributed by atoms with Crippen molar-refractivity contribution in [3.63, 3.8) is 0 Å². The molecule has 1 heterocycles. The van der Waals surface area contributed by atoms with Gasteiger partial charge in [0.25, 0.3) is 11.8 Å². The quantitative estimate of drug-likeness (QED) is 0.0300. The number of carbonyl (C=O) groups is 4. The summed E-state index contributed by atoms with van der Waals surface area (Å²) in [4.78, 5) is 60.9. The highest BCUT2D eigenvalue weighted by molar-refractivity contribution is 7.99. The molecule has 16 N–H and O–H groups in total. The lowest BCUT2D eigenvalue weighted by Gasteiger charge is -2.17. The maximum absolute atomic E-state index is 14.9. The number of nitrogens with one attached hydrogen (secondary N) is 8. The molecule has 0 unspecified atom stereocenters. The molecule has 0 aliphatic rings. The van der Waals surface area contributed by atoms with Crippen LogP contribution >= 0.6 is 23.5 Å². The Kier molecular flexibility index (Phi) is 18.7. The van der Waals surface area contributed by atoms with Crippen LogP contribution in [0.2, 0.25) is 0 Å². The molecule has 0 spiro atoms. The van der Waals surface area contributed by atoms with Gasteiger partial charge in [0.2, 0.25) is 11.8 Å². The number of hydrogen-bond donors (Lipinski definition) is 12. The Balaban J connectivity index is 1.89. The van der Waals surface area contributed by atoms with E-state index in [4.69, 9.17) is 33.8 Å². The van der Waals surface area contributed by atoms with Gasteiger partial charge in [0.05, 0.1) is 32.5 Å². The van der Waals surface area contributed by atoms with E-state index in [2.05, 4.69) is 41.9 Å². The average Bonchev–Trinajstić information content (AvgIpc) is 3.13. The first-order chi connectivity index (χ1) is 26.8. The number of nitrogens with zero attached hydrogens (tertiary/aromatic N) is 2. The SMILES string of the molecule is N=C(N)NCCSc1c(NC(=O)CCCCN)cc(F)cc1NC(=O)c1cc(C(=O)Nc2cc(F)cc(NC(=O)CCCCN)c2SCCNC(=N)N)ncn1. The van der Waals surface area contributed by atoms with E-state index in [9.17, 15) is 28.0 Å². The van der Waals surface area contributed by atoms with E-state index in [-0.39, 0.29) is 83.8 Å². The predicted octanol–water partition coefficient (Wildman–Crippen LogP) is 2.54. The molecule has 0 fully saturated rings. The van der Waals surface area contributed by atoms with Crippen molar-refractivity contribution in [1.82, 2.24) is 20.6 Å². The molecular formula is C34H46F2N14O4S2. The van der Waals surface area contributed by atoms with Gasteiger partial charge < -0.3 is 54.8 Å². The van der Waals surface area contributed by atoms with Gasteiger partial charge in [-0.15, -0.1) is 23.5 Å². The largest absolute Gasteiger partial charge is 0.370 e. The maximum Gasteiger partial charge on any atom is 0.274 e. The number of anilines is 4. The number of carbonyl (C=O) groups excluding carboxylic acids is 4. The normalized spacial score (nSPS) is 10.6. The number of nitrogens with two attached hydrogens (primary N) is 4. The topological polar surface area (TPSA) is 318 Å². The van der Waals surface area contributed by atoms with Crippen LogP contribution in [-0.4, -0.2) is 83.2 Å². The van der Waals surface area contributed by atoms with Gasteiger partial charge in [0, 0.05) is 43.5 Å². The fourth-order valence-corrected chi connectivity index (χ4v) is 6.69. The second-order valence-electron chi connectivity index (χ2n) is 11.8. The molecule has 2 aromatic carbocycles. The van der Waals surface area contributed by atoms with Crippen molar-refractivity contribution in [1.29, 1.82) is 10.8 Å². The zero-order valence-electron chi connectivity index (χ0n) is 30.4. The molecule has 56 heavy (non-hydrogen) atoms. The summed E-state index contributed by atoms with van der Waals surface area (Å²) in [5.41, 5.74) is 21.4. The third-order valence-corrected chi connectivity index (χ3v) is 9.60. The first kappa shape index (κ1) is 44.8. The Bertz CT molecular complexity index is 1760. The molecule has 22 heteroatoms. The van der Waals surface area contributed by atoms with Gasteiger partial charge in [-0.1, -0.05) is 0 Å². The van der Waals surface area contributed by atoms with Gasteiger partial charge in [-0.25, -0.2) is 18.7 Å². The summed E-state index contributed by atoms with van der Waals surface area (Å²) in [5, 5.41) is 30.6. The predicted molar refractivity (Wildman–Crippen MR) is 215 cm³/mol. The fourth-order valence-electron chi connectivity index (χ4n) is 4.81. The molecule has 0 aliphatic heterocycles. The van der Waals surface area contributed by atoms with E-state index in [1.54, 1.807) is 0 Å². The number of halogens is 2. The second kappa shape index (κ2) is 23.4. The standard InChI is InChI=1S/C34H46F2N14O4S2/c35-19-13-21(47-27(51)5-1-3-7-37)29(55-11-9-43-33(39)40)23(15-19)49-31(53)25-17-26(46-18-45-25)32(54)50-24-16-20(36)14-22(48-28(52)6-2-4-8-38)30(24)56-12-10-44-34(41)42/h13-18H,1-12,37-38H2,(H,47,51)(H,48,52)(H,49,53)(H,50,54)(H4,39,40,43)(H4,41,42,44). The summed E-state index contributed by atoms with van der Waals surface area (Å²) in [6, 6.07) is 5.42. The lowest BCUT2D eigenvalue weighted by atomic mass is 10.2. The van der Waals surface area contributed by atoms with Gasteiger partial charge in [-0.3, -0.25) is 30.0 Å². The van der Waals surface area contributed by atoms with Crippen LogP contribution in [0.15, 0.2) is 46.5 Å². The van der Waals surface area contributed by atoms with Crippen LogP contribution in [0.1, 0.15) is 59.5 Å². The summed E-state index contributed by atoms with van der Waals surface area (Å²) < 4.78 is 29.8. The molecule has 1 aromatic heterocycles. The van der Waals surface area contributed by atoms with Crippen molar-refractivity contribution < 1.29 is 28.0 Å². The van der Waals surface area contributed by atoms with E-state index < -0.39 is 23.4 Å². The Morgan fingerprint density at radius 2 is 0.982 bits per heavy atom. The molecule has 0 saturated heterocycles. The Morgan fingerprint density at radius 1 is 0.607 bits per heavy atom. The summed E-state index contributed by atoms with van der Waals surface area (Å²) in [6.45, 7) is 1.29. The lowest BCUT2D eigenvalue weighted by Crippen LogP contribution is -2.31. The van der Waals surface area contributed by atoms with Gasteiger partial charge in [-0.2, -0.15) is 0 Å². The van der Waals surface area contributed by atoms with Crippen molar-refractivity contribution >= 4 is 81.8 Å². The first-order valence-corrected chi connectivity index (χ1v) is 19.3. The molecule has 0 saturated carbocycles. The highest BCUT2D eigenvalue weighted by Gasteiger charge is 2.21. The van der Waals surface area contributed by atoms with E-state index in [0.717, 1.165) is 60.2 Å². The van der Waals surface area contributed by atoms with Crippen LogP contribution < -0.4 is 54.8 Å². The number of thioether (sulfide) groups is 2. The number of rotatable bonds is 22. The molecule has 0 aliphatic carbocycles. The van der Waals surface area contributed by atoms with Gasteiger partial charge in [0.15, 0.2) is 11.9 Å². The maximum atomic E-state index is 14.9. The Labute approximate surface area is 330 Å². The fraction of sp³-hybridized carbons (Fsp3) is 0.353. The van der Waals surface area contributed by atoms with Crippen molar-refractivity contribution in [3.05, 3.63) is 59.7 Å². The molecule has 0 bridgehead atoms. The second-order valence-corrected chi connectivity index (χ2v) is 14.0. The third-order valence-electron chi connectivity index (χ3n) is 7.33. The van der Waals surface area contributed by atoms with Crippen LogP contribution in [0.3, 0.4) is 0 Å². The highest BCUT2D eigenvalue weighted by Crippen LogP contribution is 2.37. The summed E-state index contributed by atoms with van der Waals surface area (Å²) in [5.74, 6) is -3.92. The smallest absolute Gasteiger partial charge is 0.274 e. The average molecular weight is 817 g/mol. The molecule has 0 atom stereocenters. The first-order valence-electron chi connectivity index (χ1n) is 17.3. The van der Waals surface area contributed by atoms with Crippen LogP contribution in [-0.2, 0) is 9.59 Å². The van der Waals surface area contributed by atoms with E-state index in [0.29, 0.717) is 60.1 Å². The molecule has 3 aromatic rings. The molecular weight excluding hydrogens is 771 g/mol. The molecule has 302 valence electrons. The molecule has 4 amide bonds. The number of hydrogen-bond acceptors (Lipinski definition) is 12. The van der Waals surface area contributed by atoms with Crippen LogP contribution in [0.5, 0.6) is 0 Å². The van der Waals surface area contributed by atoms with E-state index in [1.807, 2.05) is 0 Å². The van der Waals surface area contributed by atoms with Crippen molar-refractivity contribution in [2.24, 2.45) is 22.9 Å². The molecule has 0 radical (unpaired) electrons. The van der Waals surface area contributed by atoms with E-state index >= 15 is 0 Å². The number of benzene rings is 2. The molecule has 18 nitrogen and oxygen atoms in total. The van der Waals surface area contributed by atoms with Gasteiger partial charge >= 0.3 is 0 Å². The number of amides is 4. The molecule has 3 rings (SSSR count). The third kappa shape index (κ3) is 15.3. The van der Waals surface area contributed by atoms with Crippen LogP contribution in [0.25, 0.3) is 0 Å². The van der Waals surface area contributed by atoms with Crippen LogP contribution in [0, 0.1) is 22.5 Å². The number of aromatic nitrogens is 2. The van der Waals surface area contributed by atoms with Crippen molar-refractivity contribution in [3.8, 4) is 0 Å². The van der Waals surface area contributed by atoms with E-state index in [1.165, 1.54) is 0 Å².